The number of nitrogens with two attached hydrogens (primary N) is 1. The third kappa shape index (κ3) is 4.31. The van der Waals surface area contributed by atoms with Crippen LogP contribution >= 0.6 is 0 Å². The molecule has 0 radical (unpaired) electrons. The zero-order valence-corrected chi connectivity index (χ0v) is 11.8. The molecule has 22 heavy (non-hydrogen) atoms. The lowest BCUT2D eigenvalue weighted by atomic mass is 10.2. The van der Waals surface area contributed by atoms with Gasteiger partial charge in [-0.15, -0.1) is 0 Å². The van der Waals surface area contributed by atoms with Crippen molar-refractivity contribution in [1.29, 1.82) is 0 Å². The molecule has 0 aliphatic rings. The number of amides is 2. The highest BCUT2D eigenvalue weighted by Crippen LogP contribution is 2.09. The van der Waals surface area contributed by atoms with Crippen molar-refractivity contribution in [1.82, 2.24) is 5.32 Å². The van der Waals surface area contributed by atoms with Crippen molar-refractivity contribution < 1.29 is 14.0 Å². The van der Waals surface area contributed by atoms with Crippen LogP contribution in [0.25, 0.3) is 0 Å². The van der Waals surface area contributed by atoms with Crippen LogP contribution in [0, 0.1) is 5.82 Å². The molecule has 0 aromatic heterocycles. The average molecular weight is 301 g/mol. The molecule has 0 bridgehead atoms. The largest absolute Gasteiger partial charge is 0.376 e. The third-order valence-corrected chi connectivity index (χ3v) is 3.06. The van der Waals surface area contributed by atoms with Gasteiger partial charge in [0.2, 0.25) is 11.8 Å². The molecule has 0 atom stereocenters. The van der Waals surface area contributed by atoms with Crippen LogP contribution in [-0.2, 0) is 11.3 Å². The van der Waals surface area contributed by atoms with Gasteiger partial charge in [-0.05, 0) is 30.3 Å². The number of carbonyl (C=O) groups is 2. The standard InChI is InChI=1S/C16H16FN3O2/c17-14-4-2-1-3-12(14)9-20-15(21)10-19-13-7-5-11(6-8-13)16(18)22/h1-8,19H,9-10H2,(H2,18,22)(H,20,21). The van der Waals surface area contributed by atoms with Gasteiger partial charge in [0.1, 0.15) is 5.82 Å². The van der Waals surface area contributed by atoms with Crippen molar-refractivity contribution in [3.63, 3.8) is 0 Å². The number of hydrogen-bond acceptors (Lipinski definition) is 3. The molecule has 2 amide bonds. The molecule has 0 heterocycles. The van der Waals surface area contributed by atoms with E-state index in [1.807, 2.05) is 0 Å². The topological polar surface area (TPSA) is 84.2 Å². The van der Waals surface area contributed by atoms with Crippen molar-refractivity contribution in [3.8, 4) is 0 Å². The summed E-state index contributed by atoms with van der Waals surface area (Å²) >= 11 is 0. The summed E-state index contributed by atoms with van der Waals surface area (Å²) in [7, 11) is 0. The van der Waals surface area contributed by atoms with E-state index in [9.17, 15) is 14.0 Å². The smallest absolute Gasteiger partial charge is 0.248 e. The minimum Gasteiger partial charge on any atom is -0.376 e. The quantitative estimate of drug-likeness (QED) is 0.758. The van der Waals surface area contributed by atoms with Gasteiger partial charge in [0.05, 0.1) is 6.54 Å². The van der Waals surface area contributed by atoms with Gasteiger partial charge in [0.15, 0.2) is 0 Å². The van der Waals surface area contributed by atoms with E-state index in [1.165, 1.54) is 6.07 Å². The van der Waals surface area contributed by atoms with Crippen LogP contribution in [0.1, 0.15) is 15.9 Å². The summed E-state index contributed by atoms with van der Waals surface area (Å²) in [6, 6.07) is 12.7. The maximum absolute atomic E-state index is 13.4. The fourth-order valence-electron chi connectivity index (χ4n) is 1.83. The average Bonchev–Trinajstić information content (AvgIpc) is 2.52. The molecule has 0 saturated heterocycles. The van der Waals surface area contributed by atoms with Crippen LogP contribution < -0.4 is 16.4 Å². The number of rotatable bonds is 6. The van der Waals surface area contributed by atoms with Crippen LogP contribution in [-0.4, -0.2) is 18.4 Å². The van der Waals surface area contributed by atoms with E-state index in [0.29, 0.717) is 16.8 Å². The van der Waals surface area contributed by atoms with E-state index < -0.39 is 5.91 Å². The third-order valence-electron chi connectivity index (χ3n) is 3.06. The summed E-state index contributed by atoms with van der Waals surface area (Å²) in [5.41, 5.74) is 6.65. The Balaban J connectivity index is 1.80. The lowest BCUT2D eigenvalue weighted by Gasteiger charge is -2.08. The first kappa shape index (κ1) is 15.5. The van der Waals surface area contributed by atoms with Crippen molar-refractivity contribution in [2.45, 2.75) is 6.54 Å². The molecule has 0 spiro atoms. The summed E-state index contributed by atoms with van der Waals surface area (Å²) in [6.07, 6.45) is 0. The van der Waals surface area contributed by atoms with Crippen molar-refractivity contribution in [2.75, 3.05) is 11.9 Å². The highest BCUT2D eigenvalue weighted by molar-refractivity contribution is 5.93. The van der Waals surface area contributed by atoms with Gasteiger partial charge >= 0.3 is 0 Å². The number of nitrogens with one attached hydrogen (secondary N) is 2. The highest BCUT2D eigenvalue weighted by atomic mass is 19.1. The van der Waals surface area contributed by atoms with Crippen LogP contribution in [0.2, 0.25) is 0 Å². The minimum atomic E-state index is -0.505. The maximum atomic E-state index is 13.4. The van der Waals surface area contributed by atoms with Crippen molar-refractivity contribution in [2.24, 2.45) is 5.73 Å². The monoisotopic (exact) mass is 301 g/mol. The summed E-state index contributed by atoms with van der Waals surface area (Å²) in [5.74, 6) is -1.12. The summed E-state index contributed by atoms with van der Waals surface area (Å²) in [4.78, 5) is 22.6. The molecule has 0 aliphatic carbocycles. The van der Waals surface area contributed by atoms with Gasteiger partial charge in [-0.25, -0.2) is 4.39 Å². The van der Waals surface area contributed by atoms with E-state index in [4.69, 9.17) is 5.73 Å². The van der Waals surface area contributed by atoms with Gasteiger partial charge in [0, 0.05) is 23.4 Å². The van der Waals surface area contributed by atoms with Crippen LogP contribution in [0.5, 0.6) is 0 Å². The van der Waals surface area contributed by atoms with E-state index in [2.05, 4.69) is 10.6 Å². The molecule has 114 valence electrons. The Hall–Kier alpha value is -2.89. The Morgan fingerprint density at radius 2 is 1.73 bits per heavy atom. The van der Waals surface area contributed by atoms with E-state index in [1.54, 1.807) is 42.5 Å². The second-order valence-corrected chi connectivity index (χ2v) is 4.66. The molecule has 0 aliphatic heterocycles. The normalized spacial score (nSPS) is 10.0. The number of benzene rings is 2. The number of primary amides is 1. The molecule has 0 unspecified atom stereocenters. The maximum Gasteiger partial charge on any atom is 0.248 e. The van der Waals surface area contributed by atoms with Gasteiger partial charge in [0.25, 0.3) is 0 Å². The molecular formula is C16H16FN3O2. The number of carbonyl (C=O) groups excluding carboxylic acids is 2. The van der Waals surface area contributed by atoms with Crippen LogP contribution in [0.15, 0.2) is 48.5 Å². The Bertz CT molecular complexity index is 671. The van der Waals surface area contributed by atoms with Crippen molar-refractivity contribution >= 4 is 17.5 Å². The highest BCUT2D eigenvalue weighted by Gasteiger charge is 2.05. The molecule has 0 saturated carbocycles. The Morgan fingerprint density at radius 3 is 2.36 bits per heavy atom. The predicted octanol–water partition coefficient (Wildman–Crippen LogP) is 1.65. The molecule has 6 heteroatoms. The van der Waals surface area contributed by atoms with E-state index in [0.717, 1.165) is 0 Å². The first-order chi connectivity index (χ1) is 10.6. The SMILES string of the molecule is NC(=O)c1ccc(NCC(=O)NCc2ccccc2F)cc1. The predicted molar refractivity (Wildman–Crippen MR) is 81.7 cm³/mol. The molecule has 2 aromatic rings. The summed E-state index contributed by atoms with van der Waals surface area (Å²) in [6.45, 7) is 0.179. The zero-order valence-electron chi connectivity index (χ0n) is 11.8. The van der Waals surface area contributed by atoms with Gasteiger partial charge in [-0.3, -0.25) is 9.59 Å². The zero-order chi connectivity index (χ0) is 15.9. The van der Waals surface area contributed by atoms with E-state index in [-0.39, 0.29) is 24.8 Å². The van der Waals surface area contributed by atoms with Crippen LogP contribution in [0.4, 0.5) is 10.1 Å². The van der Waals surface area contributed by atoms with Gasteiger partial charge < -0.3 is 16.4 Å². The van der Waals surface area contributed by atoms with Crippen LogP contribution in [0.3, 0.4) is 0 Å². The number of halogens is 1. The summed E-state index contributed by atoms with van der Waals surface area (Å²) in [5, 5.41) is 5.53. The molecular weight excluding hydrogens is 285 g/mol. The van der Waals surface area contributed by atoms with E-state index >= 15 is 0 Å². The number of anilines is 1. The molecule has 2 rings (SSSR count). The Labute approximate surface area is 127 Å². The minimum absolute atomic E-state index is 0.0460. The lowest BCUT2D eigenvalue weighted by Crippen LogP contribution is -2.29. The van der Waals surface area contributed by atoms with Crippen molar-refractivity contribution in [3.05, 3.63) is 65.5 Å². The Kier molecular flexibility index (Phi) is 5.08. The first-order valence-electron chi connectivity index (χ1n) is 6.70. The van der Waals surface area contributed by atoms with Gasteiger partial charge in [-0.1, -0.05) is 18.2 Å². The molecule has 2 aromatic carbocycles. The molecule has 0 fully saturated rings. The first-order valence-corrected chi connectivity index (χ1v) is 6.70. The van der Waals surface area contributed by atoms with Gasteiger partial charge in [-0.2, -0.15) is 0 Å². The number of hydrogen-bond donors (Lipinski definition) is 3. The second kappa shape index (κ2) is 7.21. The summed E-state index contributed by atoms with van der Waals surface area (Å²) < 4.78 is 13.4. The Morgan fingerprint density at radius 1 is 1.05 bits per heavy atom. The fraction of sp³-hybridized carbons (Fsp3) is 0.125. The fourth-order valence-corrected chi connectivity index (χ4v) is 1.83. The lowest BCUT2D eigenvalue weighted by molar-refractivity contribution is -0.119. The second-order valence-electron chi connectivity index (χ2n) is 4.66. The molecule has 4 N–H and O–H groups in total. The molecule has 5 nitrogen and oxygen atoms in total.